The molecule has 4 rings (SSSR count). The van der Waals surface area contributed by atoms with Crippen LogP contribution in [0.5, 0.6) is 11.5 Å². The van der Waals surface area contributed by atoms with Gasteiger partial charge in [-0.3, -0.25) is 4.79 Å². The lowest BCUT2D eigenvalue weighted by Crippen LogP contribution is -2.62. The number of benzene rings is 1. The number of nitrogens with zero attached hydrogens (tertiary/aromatic N) is 1. The van der Waals surface area contributed by atoms with Crippen molar-refractivity contribution in [2.75, 3.05) is 34.4 Å². The Morgan fingerprint density at radius 2 is 2.04 bits per heavy atom. The maximum Gasteiger partial charge on any atom is 0.197 e. The lowest BCUT2D eigenvalue weighted by molar-refractivity contribution is -0.123. The van der Waals surface area contributed by atoms with Gasteiger partial charge in [0.05, 0.1) is 27.4 Å². The van der Waals surface area contributed by atoms with Crippen LogP contribution in [0.2, 0.25) is 0 Å². The molecule has 0 saturated carbocycles. The molecule has 3 aliphatic rings. The molecule has 3 N–H and O–H groups in total. The van der Waals surface area contributed by atoms with E-state index in [1.54, 1.807) is 6.07 Å². The summed E-state index contributed by atoms with van der Waals surface area (Å²) in [5.74, 6) is 0.115. The minimum absolute atomic E-state index is 0.00298. The van der Waals surface area contributed by atoms with Crippen molar-refractivity contribution in [3.8, 4) is 11.5 Å². The number of hydrogen-bond acceptors (Lipinski definition) is 7. The summed E-state index contributed by atoms with van der Waals surface area (Å²) in [5.41, 5.74) is 1.40. The molecule has 2 bridgehead atoms. The van der Waals surface area contributed by atoms with E-state index in [0.717, 1.165) is 12.1 Å². The van der Waals surface area contributed by atoms with Gasteiger partial charge in [-0.05, 0) is 43.3 Å². The number of carbonyl (C=O) groups excluding carboxylic acids is 1. The number of hydrogen-bond donors (Lipinski definition) is 3. The van der Waals surface area contributed by atoms with Gasteiger partial charge < -0.3 is 29.7 Å². The number of rotatable bonds is 4. The minimum Gasteiger partial charge on any atom is -0.504 e. The quantitative estimate of drug-likeness (QED) is 0.708. The summed E-state index contributed by atoms with van der Waals surface area (Å²) in [7, 11) is 4.98. The van der Waals surface area contributed by atoms with Crippen molar-refractivity contribution in [1.29, 1.82) is 0 Å². The third kappa shape index (κ3) is 2.36. The molecule has 1 heterocycles. The summed E-state index contributed by atoms with van der Waals surface area (Å²) < 4.78 is 10.7. The maximum atomic E-state index is 12.8. The lowest BCUT2D eigenvalue weighted by atomic mass is 9.50. The number of likely N-dealkylation sites (tertiary alicyclic amines) is 1. The minimum atomic E-state index is -0.611. The molecular weight excluding hydrogens is 362 g/mol. The number of Topliss-reactive ketones (excluding diaryl/α,β-unsaturated/α-hetero) is 1. The first-order valence-electron chi connectivity index (χ1n) is 9.57. The van der Waals surface area contributed by atoms with E-state index >= 15 is 0 Å². The van der Waals surface area contributed by atoms with Gasteiger partial charge in [0.25, 0.3) is 0 Å². The van der Waals surface area contributed by atoms with Gasteiger partial charge >= 0.3 is 0 Å². The zero-order valence-corrected chi connectivity index (χ0v) is 16.4. The third-order valence-corrected chi connectivity index (χ3v) is 6.99. The van der Waals surface area contributed by atoms with Crippen LogP contribution in [0.1, 0.15) is 35.4 Å². The number of ether oxygens (including phenoxy) is 2. The number of carbonyl (C=O) groups is 1. The van der Waals surface area contributed by atoms with Gasteiger partial charge in [-0.25, -0.2) is 0 Å². The smallest absolute Gasteiger partial charge is 0.197 e. The number of phenolic OH excluding ortho intramolecular Hbond substituents is 1. The number of piperidine rings is 1. The second-order valence-electron chi connectivity index (χ2n) is 8.06. The topological polar surface area (TPSA) is 99.5 Å². The van der Waals surface area contributed by atoms with E-state index in [2.05, 4.69) is 4.90 Å². The fourth-order valence-electron chi connectivity index (χ4n) is 5.81. The first-order valence-corrected chi connectivity index (χ1v) is 9.57. The fraction of sp³-hybridized carbons (Fsp3) is 0.571. The normalized spacial score (nSPS) is 31.7. The van der Waals surface area contributed by atoms with Crippen LogP contribution in [0, 0.1) is 5.92 Å². The average Bonchev–Trinajstić information content (AvgIpc) is 2.69. The van der Waals surface area contributed by atoms with Crippen LogP contribution in [0.15, 0.2) is 17.9 Å². The maximum absolute atomic E-state index is 12.8. The Morgan fingerprint density at radius 3 is 2.64 bits per heavy atom. The van der Waals surface area contributed by atoms with Crippen LogP contribution in [0.25, 0.3) is 0 Å². The Labute approximate surface area is 164 Å². The van der Waals surface area contributed by atoms with Gasteiger partial charge in [-0.15, -0.1) is 0 Å². The summed E-state index contributed by atoms with van der Waals surface area (Å²) in [6.45, 7) is 0.378. The molecule has 1 saturated heterocycles. The van der Waals surface area contributed by atoms with E-state index in [1.165, 1.54) is 14.2 Å². The van der Waals surface area contributed by atoms with E-state index in [1.807, 2.05) is 13.1 Å². The van der Waals surface area contributed by atoms with Crippen molar-refractivity contribution in [1.82, 2.24) is 4.90 Å². The Bertz CT molecular complexity index is 850. The van der Waals surface area contributed by atoms with Crippen molar-refractivity contribution in [3.63, 3.8) is 0 Å². The molecule has 152 valence electrons. The van der Waals surface area contributed by atoms with Crippen LogP contribution in [-0.2, 0) is 21.6 Å². The molecule has 4 atom stereocenters. The number of ketones is 1. The second kappa shape index (κ2) is 6.76. The van der Waals surface area contributed by atoms with E-state index in [-0.39, 0.29) is 54.8 Å². The molecule has 0 aromatic heterocycles. The fourth-order valence-corrected chi connectivity index (χ4v) is 5.81. The Kier molecular flexibility index (Phi) is 4.64. The average molecular weight is 389 g/mol. The highest BCUT2D eigenvalue weighted by Gasteiger charge is 2.59. The van der Waals surface area contributed by atoms with Gasteiger partial charge in [-0.1, -0.05) is 0 Å². The second-order valence-corrected chi connectivity index (χ2v) is 8.06. The van der Waals surface area contributed by atoms with Gasteiger partial charge in [0.1, 0.15) is 0 Å². The number of methoxy groups -OCH3 is 2. The third-order valence-electron chi connectivity index (χ3n) is 6.99. The summed E-state index contributed by atoms with van der Waals surface area (Å²) in [6.07, 6.45) is 2.77. The van der Waals surface area contributed by atoms with Gasteiger partial charge in [-0.2, -0.15) is 0 Å². The highest BCUT2D eigenvalue weighted by Crippen LogP contribution is 2.61. The Morgan fingerprint density at radius 1 is 1.29 bits per heavy atom. The largest absolute Gasteiger partial charge is 0.504 e. The van der Waals surface area contributed by atoms with E-state index in [9.17, 15) is 20.1 Å². The molecule has 7 nitrogen and oxygen atoms in total. The SMILES string of the molecule is COC1=CC2[C@@H]3[C@H](CO)c4c(CO)cc(OC)c(O)c4[C@]2(CCN3C)CC1=O. The molecule has 0 amide bonds. The summed E-state index contributed by atoms with van der Waals surface area (Å²) in [4.78, 5) is 15.0. The molecule has 7 heteroatoms. The summed E-state index contributed by atoms with van der Waals surface area (Å²) in [6, 6.07) is 1.56. The molecule has 1 unspecified atom stereocenters. The number of allylic oxidation sites excluding steroid dienone is 1. The van der Waals surface area contributed by atoms with Crippen molar-refractivity contribution >= 4 is 5.78 Å². The first-order chi connectivity index (χ1) is 13.4. The number of fused-ring (bicyclic) bond motifs is 1. The molecular formula is C21H27NO6. The summed E-state index contributed by atoms with van der Waals surface area (Å²) >= 11 is 0. The summed E-state index contributed by atoms with van der Waals surface area (Å²) in [5, 5.41) is 31.5. The van der Waals surface area contributed by atoms with Crippen molar-refractivity contribution in [2.45, 2.75) is 36.8 Å². The monoisotopic (exact) mass is 389 g/mol. The molecule has 28 heavy (non-hydrogen) atoms. The highest BCUT2D eigenvalue weighted by atomic mass is 16.5. The van der Waals surface area contributed by atoms with Gasteiger partial charge in [0.15, 0.2) is 23.0 Å². The predicted molar refractivity (Wildman–Crippen MR) is 101 cm³/mol. The van der Waals surface area contributed by atoms with E-state index < -0.39 is 5.41 Å². The standard InChI is InChI=1S/C21H27NO6/c1-22-5-4-21-8-14(25)15(27-2)7-13(21)19(22)12(10-24)17-11(9-23)6-16(28-3)20(26)18(17)21/h6-7,12-13,19,23-24,26H,4-5,8-10H2,1-3H3/t12-,13?,19+,21-/m1/s1. The zero-order chi connectivity index (χ0) is 20.2. The zero-order valence-electron chi connectivity index (χ0n) is 16.4. The highest BCUT2D eigenvalue weighted by molar-refractivity contribution is 5.96. The van der Waals surface area contributed by atoms with Crippen molar-refractivity contribution < 1.29 is 29.6 Å². The van der Waals surface area contributed by atoms with Gasteiger partial charge in [0, 0.05) is 35.3 Å². The van der Waals surface area contributed by atoms with E-state index in [0.29, 0.717) is 23.3 Å². The van der Waals surface area contributed by atoms with Crippen molar-refractivity contribution in [3.05, 3.63) is 34.6 Å². The van der Waals surface area contributed by atoms with E-state index in [4.69, 9.17) is 9.47 Å². The Balaban J connectivity index is 2.08. The molecule has 0 radical (unpaired) electrons. The molecule has 1 aromatic carbocycles. The first kappa shape index (κ1) is 19.2. The Hall–Kier alpha value is -2.09. The molecule has 2 aliphatic carbocycles. The number of likely N-dealkylation sites (N-methyl/N-ethyl adjacent to an activating group) is 1. The lowest BCUT2D eigenvalue weighted by Gasteiger charge is -2.59. The molecule has 1 fully saturated rings. The van der Waals surface area contributed by atoms with Crippen LogP contribution >= 0.6 is 0 Å². The number of aliphatic hydroxyl groups is 2. The molecule has 1 aliphatic heterocycles. The van der Waals surface area contributed by atoms with Crippen LogP contribution < -0.4 is 4.74 Å². The number of aromatic hydroxyl groups is 1. The van der Waals surface area contributed by atoms with Crippen LogP contribution in [0.4, 0.5) is 0 Å². The number of aliphatic hydroxyl groups excluding tert-OH is 2. The van der Waals surface area contributed by atoms with Gasteiger partial charge in [0.2, 0.25) is 0 Å². The van der Waals surface area contributed by atoms with Crippen LogP contribution in [0.3, 0.4) is 0 Å². The van der Waals surface area contributed by atoms with Crippen LogP contribution in [-0.4, -0.2) is 66.5 Å². The molecule has 0 spiro atoms. The van der Waals surface area contributed by atoms with Crippen molar-refractivity contribution in [2.24, 2.45) is 5.92 Å². The predicted octanol–water partition coefficient (Wildman–Crippen LogP) is 1.04. The molecule has 1 aromatic rings. The number of phenols is 1.